The second-order valence-electron chi connectivity index (χ2n) is 12.8. The molecule has 2 aliphatic carbocycles. The lowest BCUT2D eigenvalue weighted by Crippen LogP contribution is -2.45. The largest absolute Gasteiger partial charge is 0.424 e. The Morgan fingerprint density at radius 3 is 2.65 bits per heavy atom. The topological polar surface area (TPSA) is 143 Å². The third-order valence-corrected chi connectivity index (χ3v) is 9.22. The molecule has 2 aromatic heterocycles. The number of rotatable bonds is 9. The van der Waals surface area contributed by atoms with Gasteiger partial charge in [0.25, 0.3) is 11.9 Å². The number of aromatic nitrogens is 2. The second kappa shape index (κ2) is 12.2. The van der Waals surface area contributed by atoms with Gasteiger partial charge >= 0.3 is 0 Å². The number of primary amides is 1. The van der Waals surface area contributed by atoms with Crippen molar-refractivity contribution in [1.29, 1.82) is 0 Å². The molecule has 43 heavy (non-hydrogen) atoms. The van der Waals surface area contributed by atoms with E-state index in [0.717, 1.165) is 69.3 Å². The van der Waals surface area contributed by atoms with Crippen LogP contribution in [0.5, 0.6) is 0 Å². The number of piperidine rings is 1. The van der Waals surface area contributed by atoms with Crippen LogP contribution in [0.25, 0.3) is 11.3 Å². The number of anilines is 2. The third kappa shape index (κ3) is 6.89. The zero-order valence-corrected chi connectivity index (χ0v) is 24.7. The number of nitrogens with one attached hydrogen (secondary N) is 2. The first-order chi connectivity index (χ1) is 20.8. The molecule has 2 saturated carbocycles. The van der Waals surface area contributed by atoms with Gasteiger partial charge in [0.05, 0.1) is 18.1 Å². The summed E-state index contributed by atoms with van der Waals surface area (Å²) in [6, 6.07) is 11.5. The van der Waals surface area contributed by atoms with E-state index in [4.69, 9.17) is 10.2 Å². The first-order valence-electron chi connectivity index (χ1n) is 15.5. The minimum absolute atomic E-state index is 0.0200. The van der Waals surface area contributed by atoms with Gasteiger partial charge in [-0.25, -0.2) is 9.97 Å². The molecule has 10 nitrogen and oxygen atoms in total. The zero-order chi connectivity index (χ0) is 30.0. The first-order valence-corrected chi connectivity index (χ1v) is 15.5. The molecular weight excluding hydrogens is 544 g/mol. The number of benzene rings is 1. The number of imide groups is 1. The molecule has 3 heterocycles. The SMILES string of the molecule is C[C@]1(C[C@@H]2CCCC[C@H]2Nc2ncc(-c3cccc(C(N)=O)c3)o2)CCCN(c2ccc(C(=O)NC(=O)C3CC3)nc2)C1. The third-order valence-electron chi connectivity index (χ3n) is 9.22. The van der Waals surface area contributed by atoms with Gasteiger partial charge in [-0.1, -0.05) is 31.9 Å². The Balaban J connectivity index is 1.08. The normalized spacial score (nSPS) is 23.9. The van der Waals surface area contributed by atoms with E-state index in [1.54, 1.807) is 36.7 Å². The smallest absolute Gasteiger partial charge is 0.295 e. The average molecular weight is 585 g/mol. The van der Waals surface area contributed by atoms with Crippen molar-refractivity contribution >= 4 is 29.4 Å². The van der Waals surface area contributed by atoms with Gasteiger partial charge in [-0.3, -0.25) is 19.7 Å². The van der Waals surface area contributed by atoms with Crippen LogP contribution in [0.15, 0.2) is 53.2 Å². The second-order valence-corrected chi connectivity index (χ2v) is 12.8. The van der Waals surface area contributed by atoms with E-state index < -0.39 is 11.8 Å². The number of nitrogens with two attached hydrogens (primary N) is 1. The molecule has 0 radical (unpaired) electrons. The fourth-order valence-electron chi connectivity index (χ4n) is 6.77. The summed E-state index contributed by atoms with van der Waals surface area (Å²) in [6.07, 6.45) is 13.1. The first kappa shape index (κ1) is 28.9. The standard InChI is InChI=1S/C33H40N6O4/c1-33(14-5-15-39(20-33)25-12-13-27(35-18-25)31(42)38-30(41)21-10-11-21)17-24-6-2-3-9-26(24)37-32-36-19-28(43-32)22-7-4-8-23(16-22)29(34)40/h4,7-8,12-13,16,18-19,21,24,26H,2-3,5-6,9-11,14-15,17,20H2,1H3,(H2,34,40)(H,36,37)(H,38,41,42)/t24-,26+,33+/m0/s1. The van der Waals surface area contributed by atoms with Crippen LogP contribution in [-0.4, -0.2) is 46.8 Å². The van der Waals surface area contributed by atoms with Crippen molar-refractivity contribution in [2.24, 2.45) is 23.0 Å². The Kier molecular flexibility index (Phi) is 8.19. The molecule has 3 aliphatic rings. The van der Waals surface area contributed by atoms with Gasteiger partial charge in [-0.05, 0) is 80.5 Å². The van der Waals surface area contributed by atoms with Crippen LogP contribution in [-0.2, 0) is 4.79 Å². The van der Waals surface area contributed by atoms with Crippen LogP contribution >= 0.6 is 0 Å². The molecular formula is C33H40N6O4. The van der Waals surface area contributed by atoms with E-state index in [0.29, 0.717) is 23.3 Å². The summed E-state index contributed by atoms with van der Waals surface area (Å²) in [5.74, 6) is -0.0399. The number of nitrogens with zero attached hydrogens (tertiary/aromatic N) is 3. The van der Waals surface area contributed by atoms with E-state index in [9.17, 15) is 14.4 Å². The van der Waals surface area contributed by atoms with Crippen LogP contribution in [0.4, 0.5) is 11.7 Å². The predicted octanol–water partition coefficient (Wildman–Crippen LogP) is 5.17. The number of carbonyl (C=O) groups is 3. The molecule has 10 heteroatoms. The van der Waals surface area contributed by atoms with Gasteiger partial charge in [-0.2, -0.15) is 0 Å². The van der Waals surface area contributed by atoms with Crippen LogP contribution in [0.3, 0.4) is 0 Å². The van der Waals surface area contributed by atoms with E-state index in [2.05, 4.69) is 32.4 Å². The zero-order valence-electron chi connectivity index (χ0n) is 24.7. The molecule has 3 fully saturated rings. The fourth-order valence-corrected chi connectivity index (χ4v) is 6.77. The molecule has 1 aromatic carbocycles. The number of pyridine rings is 1. The molecule has 0 bridgehead atoms. The molecule has 226 valence electrons. The van der Waals surface area contributed by atoms with Crippen molar-refractivity contribution in [2.45, 2.75) is 70.8 Å². The van der Waals surface area contributed by atoms with E-state index in [-0.39, 0.29) is 29.0 Å². The number of hydrogen-bond acceptors (Lipinski definition) is 8. The fraction of sp³-hybridized carbons (Fsp3) is 0.485. The molecule has 3 aromatic rings. The van der Waals surface area contributed by atoms with Crippen molar-refractivity contribution in [2.75, 3.05) is 23.3 Å². The average Bonchev–Trinajstić information content (AvgIpc) is 3.76. The Bertz CT molecular complexity index is 1480. The van der Waals surface area contributed by atoms with Crippen LogP contribution in [0.2, 0.25) is 0 Å². The lowest BCUT2D eigenvalue weighted by molar-refractivity contribution is -0.121. The molecule has 0 spiro atoms. The van der Waals surface area contributed by atoms with Crippen molar-refractivity contribution in [3.63, 3.8) is 0 Å². The van der Waals surface area contributed by atoms with Crippen LogP contribution in [0.1, 0.15) is 85.6 Å². The van der Waals surface area contributed by atoms with Gasteiger partial charge < -0.3 is 20.4 Å². The predicted molar refractivity (Wildman–Crippen MR) is 163 cm³/mol. The Morgan fingerprint density at radius 2 is 1.88 bits per heavy atom. The van der Waals surface area contributed by atoms with Gasteiger partial charge in [-0.15, -0.1) is 0 Å². The van der Waals surface area contributed by atoms with Crippen molar-refractivity contribution in [1.82, 2.24) is 15.3 Å². The van der Waals surface area contributed by atoms with E-state index in [1.807, 2.05) is 12.1 Å². The molecule has 1 saturated heterocycles. The van der Waals surface area contributed by atoms with Gasteiger partial charge in [0.1, 0.15) is 5.69 Å². The van der Waals surface area contributed by atoms with Crippen LogP contribution in [0, 0.1) is 17.3 Å². The van der Waals surface area contributed by atoms with E-state index in [1.165, 1.54) is 12.8 Å². The molecule has 1 aliphatic heterocycles. The quantitative estimate of drug-likeness (QED) is 0.292. The summed E-state index contributed by atoms with van der Waals surface area (Å²) < 4.78 is 6.07. The highest BCUT2D eigenvalue weighted by Gasteiger charge is 2.37. The van der Waals surface area contributed by atoms with Crippen molar-refractivity contribution in [3.8, 4) is 11.3 Å². The maximum atomic E-state index is 12.4. The molecule has 3 atom stereocenters. The van der Waals surface area contributed by atoms with Gasteiger partial charge in [0.15, 0.2) is 5.76 Å². The lowest BCUT2D eigenvalue weighted by Gasteiger charge is -2.45. The Hall–Kier alpha value is -4.21. The monoisotopic (exact) mass is 584 g/mol. The minimum Gasteiger partial charge on any atom is -0.424 e. The summed E-state index contributed by atoms with van der Waals surface area (Å²) in [6.45, 7) is 4.26. The minimum atomic E-state index is -0.475. The molecule has 6 rings (SSSR count). The molecule has 3 amide bonds. The lowest BCUT2D eigenvalue weighted by atomic mass is 9.70. The highest BCUT2D eigenvalue weighted by Crippen LogP contribution is 2.42. The Labute approximate surface area is 251 Å². The van der Waals surface area contributed by atoms with Crippen LogP contribution < -0.4 is 21.3 Å². The summed E-state index contributed by atoms with van der Waals surface area (Å²) in [4.78, 5) is 47.3. The number of carbonyl (C=O) groups excluding carboxylic acids is 3. The van der Waals surface area contributed by atoms with Gasteiger partial charge in [0.2, 0.25) is 11.8 Å². The summed E-state index contributed by atoms with van der Waals surface area (Å²) in [7, 11) is 0. The summed E-state index contributed by atoms with van der Waals surface area (Å²) >= 11 is 0. The highest BCUT2D eigenvalue weighted by molar-refractivity contribution is 6.04. The molecule has 0 unspecified atom stereocenters. The maximum absolute atomic E-state index is 12.4. The summed E-state index contributed by atoms with van der Waals surface area (Å²) in [5.41, 5.74) is 8.04. The molecule has 4 N–H and O–H groups in total. The van der Waals surface area contributed by atoms with Crippen molar-refractivity contribution in [3.05, 3.63) is 60.0 Å². The van der Waals surface area contributed by atoms with Gasteiger partial charge in [0, 0.05) is 36.2 Å². The number of oxazole rings is 1. The van der Waals surface area contributed by atoms with Crippen molar-refractivity contribution < 1.29 is 18.8 Å². The van der Waals surface area contributed by atoms with E-state index >= 15 is 0 Å². The number of hydrogen-bond donors (Lipinski definition) is 3. The highest BCUT2D eigenvalue weighted by atomic mass is 16.4. The Morgan fingerprint density at radius 1 is 1.05 bits per heavy atom. The number of amides is 3. The maximum Gasteiger partial charge on any atom is 0.295 e. The summed E-state index contributed by atoms with van der Waals surface area (Å²) in [5, 5.41) is 6.06.